The van der Waals surface area contributed by atoms with Crippen molar-refractivity contribution in [3.63, 3.8) is 0 Å². The van der Waals surface area contributed by atoms with E-state index in [0.717, 1.165) is 57.8 Å². The third kappa shape index (κ3) is 36.7. The molecule has 0 saturated heterocycles. The smallest absolute Gasteiger partial charge is 0.462 e. The topological polar surface area (TPSA) is 119 Å². The molecule has 0 rings (SSSR count). The average molecular weight is 683 g/mol. The monoisotopic (exact) mass is 682 g/mol. The van der Waals surface area contributed by atoms with Crippen LogP contribution in [-0.4, -0.2) is 41.0 Å². The normalized spacial score (nSPS) is 13.0. The van der Waals surface area contributed by atoms with Crippen LogP contribution < -0.4 is 0 Å². The van der Waals surface area contributed by atoms with E-state index in [1.807, 2.05) is 0 Å². The number of unbranched alkanes of at least 4 members (excludes halogenated alkanes) is 15. The molecule has 0 fully saturated rings. The van der Waals surface area contributed by atoms with Crippen LogP contribution in [0.15, 0.2) is 48.6 Å². The summed E-state index contributed by atoms with van der Waals surface area (Å²) in [7, 11) is -4.76. The van der Waals surface area contributed by atoms with Crippen LogP contribution >= 0.6 is 7.82 Å². The first-order chi connectivity index (χ1) is 22.8. The van der Waals surface area contributed by atoms with Crippen LogP contribution in [0.25, 0.3) is 0 Å². The Bertz CT molecular complexity index is 905. The van der Waals surface area contributed by atoms with Gasteiger partial charge in [0.2, 0.25) is 0 Å². The molecule has 0 aromatic carbocycles. The van der Waals surface area contributed by atoms with Gasteiger partial charge in [0.05, 0.1) is 6.61 Å². The van der Waals surface area contributed by atoms with Gasteiger partial charge in [-0.25, -0.2) is 4.57 Å². The SMILES string of the molecule is CC/C=C\C/C=C\C/C=C\C/C=C\CCCCC(=O)OC(COC(=O)CCCCCCCCCCCCCCCC)COP(=O)(O)O. The summed E-state index contributed by atoms with van der Waals surface area (Å²) < 4.78 is 26.2. The van der Waals surface area contributed by atoms with E-state index in [2.05, 4.69) is 67.0 Å². The Morgan fingerprint density at radius 2 is 1.02 bits per heavy atom. The van der Waals surface area contributed by atoms with Gasteiger partial charge in [0.15, 0.2) is 6.10 Å². The van der Waals surface area contributed by atoms with Crippen molar-refractivity contribution >= 4 is 19.8 Å². The van der Waals surface area contributed by atoms with Crippen molar-refractivity contribution in [1.82, 2.24) is 0 Å². The minimum absolute atomic E-state index is 0.160. The molecular formula is C38H67O8P. The number of esters is 2. The van der Waals surface area contributed by atoms with Crippen molar-refractivity contribution in [1.29, 1.82) is 0 Å². The number of ether oxygens (including phenoxy) is 2. The van der Waals surface area contributed by atoms with E-state index < -0.39 is 32.5 Å². The predicted molar refractivity (Wildman–Crippen MR) is 193 cm³/mol. The highest BCUT2D eigenvalue weighted by Crippen LogP contribution is 2.36. The Morgan fingerprint density at radius 1 is 0.574 bits per heavy atom. The summed E-state index contributed by atoms with van der Waals surface area (Å²) in [5.74, 6) is -0.934. The summed E-state index contributed by atoms with van der Waals surface area (Å²) in [4.78, 5) is 42.6. The fraction of sp³-hybridized carbons (Fsp3) is 0.737. The summed E-state index contributed by atoms with van der Waals surface area (Å²) >= 11 is 0. The minimum atomic E-state index is -4.76. The van der Waals surface area contributed by atoms with Crippen LogP contribution in [0.3, 0.4) is 0 Å². The second kappa shape index (κ2) is 33.9. The number of carbonyl (C=O) groups excluding carboxylic acids is 2. The van der Waals surface area contributed by atoms with Crippen LogP contribution in [0.4, 0.5) is 0 Å². The van der Waals surface area contributed by atoms with E-state index in [-0.39, 0.29) is 19.4 Å². The molecule has 0 amide bonds. The zero-order valence-corrected chi connectivity index (χ0v) is 30.6. The standard InChI is InChI=1S/C38H67O8P/c1-3-5-7-9-11-13-15-17-19-21-23-25-27-29-31-33-38(40)46-36(35-45-47(41,42)43)34-44-37(39)32-30-28-26-24-22-20-18-16-14-12-10-8-6-4-2/h5,7,11,13,17,19,23,25,36H,3-4,6,8-10,12,14-16,18,20-22,24,26-35H2,1-2H3,(H2,41,42,43)/b7-5-,13-11-,19-17-,25-23-. The predicted octanol–water partition coefficient (Wildman–Crippen LogP) is 10.8. The summed E-state index contributed by atoms with van der Waals surface area (Å²) in [6, 6.07) is 0. The highest BCUT2D eigenvalue weighted by Gasteiger charge is 2.22. The first kappa shape index (κ1) is 45.0. The molecule has 0 aromatic heterocycles. The quantitative estimate of drug-likeness (QED) is 0.0304. The van der Waals surface area contributed by atoms with Gasteiger partial charge in [-0.3, -0.25) is 14.1 Å². The van der Waals surface area contributed by atoms with Gasteiger partial charge in [0.25, 0.3) is 0 Å². The number of phosphoric acid groups is 1. The van der Waals surface area contributed by atoms with Crippen molar-refractivity contribution in [2.75, 3.05) is 13.2 Å². The Balaban J connectivity index is 4.05. The Kier molecular flexibility index (Phi) is 32.5. The number of rotatable bonds is 33. The minimum Gasteiger partial charge on any atom is -0.462 e. The highest BCUT2D eigenvalue weighted by molar-refractivity contribution is 7.46. The lowest BCUT2D eigenvalue weighted by molar-refractivity contribution is -0.161. The molecule has 2 N–H and O–H groups in total. The lowest BCUT2D eigenvalue weighted by atomic mass is 10.0. The molecule has 0 radical (unpaired) electrons. The fourth-order valence-corrected chi connectivity index (χ4v) is 5.25. The van der Waals surface area contributed by atoms with Crippen molar-refractivity contribution < 1.29 is 37.9 Å². The largest absolute Gasteiger partial charge is 0.469 e. The zero-order valence-electron chi connectivity index (χ0n) is 29.7. The van der Waals surface area contributed by atoms with Crippen LogP contribution in [0.5, 0.6) is 0 Å². The van der Waals surface area contributed by atoms with E-state index in [1.165, 1.54) is 70.6 Å². The lowest BCUT2D eigenvalue weighted by Gasteiger charge is -2.18. The van der Waals surface area contributed by atoms with Crippen molar-refractivity contribution in [3.8, 4) is 0 Å². The third-order valence-corrected chi connectivity index (χ3v) is 8.10. The van der Waals surface area contributed by atoms with E-state index in [0.29, 0.717) is 6.42 Å². The molecule has 9 heteroatoms. The number of hydrogen-bond acceptors (Lipinski definition) is 6. The molecule has 1 unspecified atom stereocenters. The van der Waals surface area contributed by atoms with Crippen molar-refractivity contribution in [2.45, 2.75) is 168 Å². The molecule has 0 aliphatic carbocycles. The molecule has 0 spiro atoms. The van der Waals surface area contributed by atoms with Gasteiger partial charge in [0, 0.05) is 12.8 Å². The molecular weight excluding hydrogens is 615 g/mol. The molecule has 0 bridgehead atoms. The number of allylic oxidation sites excluding steroid dienone is 8. The first-order valence-corrected chi connectivity index (χ1v) is 20.0. The third-order valence-electron chi connectivity index (χ3n) is 7.61. The van der Waals surface area contributed by atoms with Crippen LogP contribution in [0.1, 0.15) is 162 Å². The molecule has 1 atom stereocenters. The van der Waals surface area contributed by atoms with Gasteiger partial charge in [-0.15, -0.1) is 0 Å². The lowest BCUT2D eigenvalue weighted by Crippen LogP contribution is -2.29. The van der Waals surface area contributed by atoms with Gasteiger partial charge in [-0.05, 0) is 51.4 Å². The molecule has 0 heterocycles. The maximum atomic E-state index is 12.3. The van der Waals surface area contributed by atoms with E-state index in [1.54, 1.807) is 0 Å². The van der Waals surface area contributed by atoms with Crippen molar-refractivity contribution in [2.24, 2.45) is 0 Å². The maximum Gasteiger partial charge on any atom is 0.469 e. The summed E-state index contributed by atoms with van der Waals surface area (Å²) in [6.07, 6.45) is 39.8. The molecule has 0 saturated carbocycles. The molecule has 0 aliphatic rings. The Morgan fingerprint density at radius 3 is 1.53 bits per heavy atom. The van der Waals surface area contributed by atoms with Gasteiger partial charge < -0.3 is 19.3 Å². The zero-order chi connectivity index (χ0) is 34.7. The number of phosphoric ester groups is 1. The average Bonchev–Trinajstić information content (AvgIpc) is 3.03. The number of carbonyl (C=O) groups is 2. The van der Waals surface area contributed by atoms with Crippen LogP contribution in [0, 0.1) is 0 Å². The van der Waals surface area contributed by atoms with Crippen molar-refractivity contribution in [3.05, 3.63) is 48.6 Å². The second-order valence-electron chi connectivity index (χ2n) is 12.2. The Labute approximate surface area is 286 Å². The van der Waals surface area contributed by atoms with Gasteiger partial charge in [0.1, 0.15) is 6.61 Å². The van der Waals surface area contributed by atoms with E-state index in [9.17, 15) is 14.2 Å². The molecule has 47 heavy (non-hydrogen) atoms. The Hall–Kier alpha value is -1.99. The fourth-order valence-electron chi connectivity index (χ4n) is 4.89. The molecule has 0 aromatic rings. The maximum absolute atomic E-state index is 12.3. The second-order valence-corrected chi connectivity index (χ2v) is 13.4. The molecule has 272 valence electrons. The number of hydrogen-bond donors (Lipinski definition) is 2. The summed E-state index contributed by atoms with van der Waals surface area (Å²) in [5, 5.41) is 0. The summed E-state index contributed by atoms with van der Waals surface area (Å²) in [5.41, 5.74) is 0. The highest BCUT2D eigenvalue weighted by atomic mass is 31.2. The first-order valence-electron chi connectivity index (χ1n) is 18.4. The summed E-state index contributed by atoms with van der Waals surface area (Å²) in [6.45, 7) is 3.52. The molecule has 8 nitrogen and oxygen atoms in total. The van der Waals surface area contributed by atoms with Crippen LogP contribution in [0.2, 0.25) is 0 Å². The van der Waals surface area contributed by atoms with Gasteiger partial charge in [-0.2, -0.15) is 0 Å². The van der Waals surface area contributed by atoms with E-state index >= 15 is 0 Å². The van der Waals surface area contributed by atoms with Crippen LogP contribution in [-0.2, 0) is 28.2 Å². The molecule has 0 aliphatic heterocycles. The van der Waals surface area contributed by atoms with Gasteiger partial charge in [-0.1, -0.05) is 146 Å². The van der Waals surface area contributed by atoms with Gasteiger partial charge >= 0.3 is 19.8 Å². The van der Waals surface area contributed by atoms with E-state index in [4.69, 9.17) is 19.3 Å².